The fourth-order valence-corrected chi connectivity index (χ4v) is 3.59. The van der Waals surface area contributed by atoms with Crippen LogP contribution in [0.3, 0.4) is 0 Å². The highest BCUT2D eigenvalue weighted by Crippen LogP contribution is 2.42. The zero-order valence-corrected chi connectivity index (χ0v) is 11.2. The lowest BCUT2D eigenvalue weighted by Gasteiger charge is -2.39. The van der Waals surface area contributed by atoms with Crippen molar-refractivity contribution in [1.29, 1.82) is 0 Å². The van der Waals surface area contributed by atoms with Crippen LogP contribution in [0.4, 0.5) is 0 Å². The minimum atomic E-state index is -0.572. The molecule has 2 saturated heterocycles. The molecule has 3 unspecified atom stereocenters. The number of benzene rings is 1. The molecule has 3 rings (SSSR count). The van der Waals surface area contributed by atoms with Crippen LogP contribution in [-0.4, -0.2) is 29.6 Å². The van der Waals surface area contributed by atoms with E-state index in [4.69, 9.17) is 0 Å². The summed E-state index contributed by atoms with van der Waals surface area (Å²) in [5.41, 5.74) is 1.94. The molecular weight excluding hydrogens is 222 g/mol. The second kappa shape index (κ2) is 4.67. The summed E-state index contributed by atoms with van der Waals surface area (Å²) in [6, 6.07) is 8.69. The van der Waals surface area contributed by atoms with Gasteiger partial charge in [0.25, 0.3) is 0 Å². The van der Waals surface area contributed by atoms with Gasteiger partial charge in [0.2, 0.25) is 0 Å². The summed E-state index contributed by atoms with van der Waals surface area (Å²) in [7, 11) is 0. The van der Waals surface area contributed by atoms with E-state index in [0.29, 0.717) is 5.92 Å². The van der Waals surface area contributed by atoms with Crippen LogP contribution in [-0.2, 0) is 12.0 Å². The predicted molar refractivity (Wildman–Crippen MR) is 73.5 cm³/mol. The smallest absolute Gasteiger partial charge is 0.0949 e. The molecule has 2 nitrogen and oxygen atoms in total. The van der Waals surface area contributed by atoms with Gasteiger partial charge in [-0.15, -0.1) is 0 Å². The zero-order chi connectivity index (χ0) is 12.6. The first-order valence-corrected chi connectivity index (χ1v) is 7.26. The first-order valence-electron chi connectivity index (χ1n) is 7.26. The van der Waals surface area contributed by atoms with Gasteiger partial charge in [-0.25, -0.2) is 0 Å². The number of nitrogens with zero attached hydrogens (tertiary/aromatic N) is 1. The predicted octanol–water partition coefficient (Wildman–Crippen LogP) is 2.55. The average molecular weight is 245 g/mol. The van der Waals surface area contributed by atoms with Crippen LogP contribution >= 0.6 is 0 Å². The van der Waals surface area contributed by atoms with Crippen LogP contribution in [0.15, 0.2) is 24.3 Å². The first kappa shape index (κ1) is 12.2. The molecule has 2 heteroatoms. The van der Waals surface area contributed by atoms with Gasteiger partial charge in [0.1, 0.15) is 0 Å². The maximum atomic E-state index is 11.0. The number of aryl methyl sites for hydroxylation is 1. The first-order chi connectivity index (χ1) is 8.72. The summed E-state index contributed by atoms with van der Waals surface area (Å²) in [5, 5.41) is 11.0. The summed E-state index contributed by atoms with van der Waals surface area (Å²) >= 11 is 0. The number of hydrogen-bond donors (Lipinski definition) is 1. The maximum Gasteiger partial charge on any atom is 0.0949 e. The highest BCUT2D eigenvalue weighted by Gasteiger charge is 2.45. The quantitative estimate of drug-likeness (QED) is 0.884. The Morgan fingerprint density at radius 1 is 1.28 bits per heavy atom. The standard InChI is InChI=1S/C16H23NO/c1-2-3-13-4-6-14(7-5-13)16(18)9-11-17-10-8-15(16)12-17/h4-7,15,18H,2-3,8-12H2,1H3. The van der Waals surface area contributed by atoms with E-state index in [1.54, 1.807) is 0 Å². The van der Waals surface area contributed by atoms with Gasteiger partial charge in [-0.2, -0.15) is 0 Å². The molecule has 1 aromatic carbocycles. The summed E-state index contributed by atoms with van der Waals surface area (Å²) in [5.74, 6) is 0.434. The molecule has 0 amide bonds. The fraction of sp³-hybridized carbons (Fsp3) is 0.625. The lowest BCUT2D eigenvalue weighted by Crippen LogP contribution is -2.44. The molecule has 0 radical (unpaired) electrons. The van der Waals surface area contributed by atoms with Gasteiger partial charge in [-0.05, 0) is 36.9 Å². The molecule has 0 spiro atoms. The Balaban J connectivity index is 1.84. The summed E-state index contributed by atoms with van der Waals surface area (Å²) in [6.45, 7) is 5.49. The number of fused-ring (bicyclic) bond motifs is 2. The molecule has 0 aliphatic carbocycles. The van der Waals surface area contributed by atoms with E-state index in [0.717, 1.165) is 37.9 Å². The van der Waals surface area contributed by atoms with Crippen LogP contribution < -0.4 is 0 Å². The Hall–Kier alpha value is -0.860. The van der Waals surface area contributed by atoms with Crippen molar-refractivity contribution in [3.05, 3.63) is 35.4 Å². The molecule has 1 aromatic rings. The number of rotatable bonds is 3. The second-order valence-electron chi connectivity index (χ2n) is 5.91. The van der Waals surface area contributed by atoms with Crippen LogP contribution in [0.25, 0.3) is 0 Å². The number of hydrogen-bond acceptors (Lipinski definition) is 2. The van der Waals surface area contributed by atoms with E-state index >= 15 is 0 Å². The van der Waals surface area contributed by atoms with E-state index in [1.165, 1.54) is 18.5 Å². The minimum Gasteiger partial charge on any atom is -0.385 e. The third kappa shape index (κ3) is 1.98. The van der Waals surface area contributed by atoms with Crippen LogP contribution in [0.2, 0.25) is 0 Å². The Kier molecular flexibility index (Phi) is 3.16. The lowest BCUT2D eigenvalue weighted by molar-refractivity contribution is -0.0502. The van der Waals surface area contributed by atoms with E-state index in [9.17, 15) is 5.11 Å². The molecule has 0 saturated carbocycles. The monoisotopic (exact) mass is 245 g/mol. The van der Waals surface area contributed by atoms with Crippen molar-refractivity contribution in [2.24, 2.45) is 5.92 Å². The topological polar surface area (TPSA) is 23.5 Å². The summed E-state index contributed by atoms with van der Waals surface area (Å²) < 4.78 is 0. The highest BCUT2D eigenvalue weighted by atomic mass is 16.3. The zero-order valence-electron chi connectivity index (χ0n) is 11.2. The summed E-state index contributed by atoms with van der Waals surface area (Å²) in [6.07, 6.45) is 4.36. The van der Waals surface area contributed by atoms with Crippen LogP contribution in [0.1, 0.15) is 37.3 Å². The Bertz CT molecular complexity index is 414. The van der Waals surface area contributed by atoms with E-state index in [1.807, 2.05) is 0 Å². The fourth-order valence-electron chi connectivity index (χ4n) is 3.59. The van der Waals surface area contributed by atoms with Gasteiger partial charge < -0.3 is 10.0 Å². The summed E-state index contributed by atoms with van der Waals surface area (Å²) in [4.78, 5) is 2.48. The van der Waals surface area contributed by atoms with E-state index in [2.05, 4.69) is 36.1 Å². The molecule has 18 heavy (non-hydrogen) atoms. The van der Waals surface area contributed by atoms with Crippen molar-refractivity contribution in [2.75, 3.05) is 19.6 Å². The van der Waals surface area contributed by atoms with Crippen molar-refractivity contribution in [1.82, 2.24) is 4.90 Å². The van der Waals surface area contributed by atoms with Gasteiger partial charge >= 0.3 is 0 Å². The Morgan fingerprint density at radius 2 is 2.06 bits per heavy atom. The Morgan fingerprint density at radius 3 is 2.78 bits per heavy atom. The molecule has 2 aliphatic heterocycles. The van der Waals surface area contributed by atoms with Gasteiger partial charge in [0.15, 0.2) is 0 Å². The van der Waals surface area contributed by atoms with Crippen molar-refractivity contribution in [3.8, 4) is 0 Å². The molecule has 3 atom stereocenters. The molecule has 1 N–H and O–H groups in total. The SMILES string of the molecule is CCCc1ccc(C2(O)CCN3CCC2C3)cc1. The molecule has 2 aliphatic rings. The van der Waals surface area contributed by atoms with E-state index in [-0.39, 0.29) is 0 Å². The second-order valence-corrected chi connectivity index (χ2v) is 5.91. The Labute approximate surface area is 110 Å². The lowest BCUT2D eigenvalue weighted by atomic mass is 9.77. The van der Waals surface area contributed by atoms with Gasteiger partial charge in [0, 0.05) is 19.0 Å². The van der Waals surface area contributed by atoms with Gasteiger partial charge in [-0.3, -0.25) is 0 Å². The van der Waals surface area contributed by atoms with Crippen molar-refractivity contribution < 1.29 is 5.11 Å². The molecular formula is C16H23NO. The number of piperidine rings is 1. The minimum absolute atomic E-state index is 0.434. The molecule has 2 bridgehead atoms. The van der Waals surface area contributed by atoms with Crippen molar-refractivity contribution >= 4 is 0 Å². The molecule has 0 aromatic heterocycles. The largest absolute Gasteiger partial charge is 0.385 e. The normalized spacial score (nSPS) is 34.8. The third-order valence-corrected chi connectivity index (χ3v) is 4.75. The highest BCUT2D eigenvalue weighted by molar-refractivity contribution is 5.29. The molecule has 2 heterocycles. The van der Waals surface area contributed by atoms with E-state index < -0.39 is 5.60 Å². The van der Waals surface area contributed by atoms with Gasteiger partial charge in [-0.1, -0.05) is 37.6 Å². The average Bonchev–Trinajstić information content (AvgIpc) is 2.81. The van der Waals surface area contributed by atoms with Crippen LogP contribution in [0.5, 0.6) is 0 Å². The maximum absolute atomic E-state index is 11.0. The van der Waals surface area contributed by atoms with Gasteiger partial charge in [0.05, 0.1) is 5.60 Å². The van der Waals surface area contributed by atoms with Crippen molar-refractivity contribution in [2.45, 2.75) is 38.2 Å². The van der Waals surface area contributed by atoms with Crippen LogP contribution in [0, 0.1) is 5.92 Å². The number of aliphatic hydroxyl groups is 1. The van der Waals surface area contributed by atoms with Crippen molar-refractivity contribution in [3.63, 3.8) is 0 Å². The molecule has 2 fully saturated rings. The third-order valence-electron chi connectivity index (χ3n) is 4.75. The molecule has 98 valence electrons.